The molecule has 0 unspecified atom stereocenters. The van der Waals surface area contributed by atoms with Crippen molar-refractivity contribution in [3.63, 3.8) is 0 Å². The van der Waals surface area contributed by atoms with Crippen LogP contribution in [0.2, 0.25) is 5.02 Å². The van der Waals surface area contributed by atoms with Crippen LogP contribution in [0.4, 0.5) is 5.69 Å². The number of anilines is 1. The molecule has 3 aromatic rings. The van der Waals surface area contributed by atoms with Crippen molar-refractivity contribution in [2.24, 2.45) is 0 Å². The molecule has 0 atom stereocenters. The quantitative estimate of drug-likeness (QED) is 0.799. The highest BCUT2D eigenvalue weighted by atomic mass is 35.5. The number of rotatable bonds is 3. The van der Waals surface area contributed by atoms with Crippen molar-refractivity contribution in [2.45, 2.75) is 0 Å². The Kier molecular flexibility index (Phi) is 3.50. The number of halogens is 1. The number of hydrogen-bond acceptors (Lipinski definition) is 5. The number of nitrogen functional groups attached to an aromatic ring is 1. The summed E-state index contributed by atoms with van der Waals surface area (Å²) in [5, 5.41) is 2.43. The molecule has 0 spiro atoms. The van der Waals surface area contributed by atoms with E-state index in [9.17, 15) is 0 Å². The number of hydrogen-bond donors (Lipinski definition) is 1. The van der Waals surface area contributed by atoms with Crippen LogP contribution in [0.15, 0.2) is 42.7 Å². The molecule has 5 nitrogen and oxygen atoms in total. The second kappa shape index (κ2) is 5.46. The lowest BCUT2D eigenvalue weighted by atomic mass is 10.1. The molecule has 3 rings (SSSR count). The summed E-state index contributed by atoms with van der Waals surface area (Å²) in [6.07, 6.45) is 1.34. The van der Waals surface area contributed by atoms with Crippen LogP contribution in [0, 0.1) is 0 Å². The van der Waals surface area contributed by atoms with Crippen molar-refractivity contribution < 1.29 is 9.47 Å². The molecule has 1 heterocycles. The van der Waals surface area contributed by atoms with Crippen LogP contribution in [-0.2, 0) is 0 Å². The molecule has 0 bridgehead atoms. The Morgan fingerprint density at radius 2 is 1.71 bits per heavy atom. The lowest BCUT2D eigenvalue weighted by Crippen LogP contribution is -2.00. The van der Waals surface area contributed by atoms with E-state index in [1.54, 1.807) is 12.1 Å². The van der Waals surface area contributed by atoms with E-state index in [4.69, 9.17) is 26.8 Å². The van der Waals surface area contributed by atoms with E-state index in [1.807, 2.05) is 24.3 Å². The highest BCUT2D eigenvalue weighted by Gasteiger charge is 2.12. The lowest BCUT2D eigenvalue weighted by Gasteiger charge is -2.11. The first-order chi connectivity index (χ1) is 10.2. The predicted molar refractivity (Wildman–Crippen MR) is 82.0 cm³/mol. The van der Waals surface area contributed by atoms with Gasteiger partial charge in [-0.15, -0.1) is 0 Å². The maximum Gasteiger partial charge on any atom is 0.249 e. The van der Waals surface area contributed by atoms with Crippen LogP contribution in [0.25, 0.3) is 10.8 Å². The molecule has 0 aliphatic rings. The van der Waals surface area contributed by atoms with E-state index in [-0.39, 0.29) is 17.4 Å². The van der Waals surface area contributed by atoms with Gasteiger partial charge in [0.2, 0.25) is 11.8 Å². The molecule has 0 radical (unpaired) electrons. The summed E-state index contributed by atoms with van der Waals surface area (Å²) in [5.41, 5.74) is 6.16. The maximum absolute atomic E-state index is 6.19. The number of ether oxygens (including phenoxy) is 2. The minimum atomic E-state index is 0.245. The van der Waals surface area contributed by atoms with Gasteiger partial charge in [-0.1, -0.05) is 35.9 Å². The third-order valence-corrected chi connectivity index (χ3v) is 3.37. The molecular formula is C15H12ClN3O2. The molecule has 6 heteroatoms. The average Bonchev–Trinajstić information content (AvgIpc) is 2.52. The first-order valence-corrected chi connectivity index (χ1v) is 6.58. The van der Waals surface area contributed by atoms with Gasteiger partial charge in [0.05, 0.1) is 7.11 Å². The number of methoxy groups -OCH3 is 1. The second-order valence-corrected chi connectivity index (χ2v) is 4.70. The number of nitrogens with zero attached hydrogens (tertiary/aromatic N) is 2. The van der Waals surface area contributed by atoms with E-state index in [0.717, 1.165) is 10.8 Å². The fourth-order valence-electron chi connectivity index (χ4n) is 2.04. The Balaban J connectivity index is 2.09. The molecule has 1 aromatic heterocycles. The highest BCUT2D eigenvalue weighted by Crippen LogP contribution is 2.36. The molecule has 2 aromatic carbocycles. The Bertz CT molecular complexity index is 808. The molecule has 21 heavy (non-hydrogen) atoms. The van der Waals surface area contributed by atoms with E-state index in [2.05, 4.69) is 9.97 Å². The summed E-state index contributed by atoms with van der Waals surface area (Å²) >= 11 is 6.19. The zero-order valence-corrected chi connectivity index (χ0v) is 12.0. The Morgan fingerprint density at radius 3 is 2.48 bits per heavy atom. The van der Waals surface area contributed by atoms with Crippen molar-refractivity contribution >= 4 is 28.1 Å². The summed E-state index contributed by atoms with van der Waals surface area (Å²) in [5.74, 6) is 1.13. The Morgan fingerprint density at radius 1 is 1.00 bits per heavy atom. The van der Waals surface area contributed by atoms with Gasteiger partial charge in [0.1, 0.15) is 12.1 Å². The van der Waals surface area contributed by atoms with Crippen molar-refractivity contribution in [1.82, 2.24) is 9.97 Å². The molecule has 0 aliphatic heterocycles. The summed E-state index contributed by atoms with van der Waals surface area (Å²) in [7, 11) is 1.49. The van der Waals surface area contributed by atoms with Gasteiger partial charge in [0.25, 0.3) is 0 Å². The predicted octanol–water partition coefficient (Wildman–Crippen LogP) is 3.67. The molecule has 0 saturated heterocycles. The minimum Gasteiger partial charge on any atom is -0.479 e. The van der Waals surface area contributed by atoms with Crippen LogP contribution < -0.4 is 15.2 Å². The van der Waals surface area contributed by atoms with Gasteiger partial charge in [-0.05, 0) is 12.1 Å². The fraction of sp³-hybridized carbons (Fsp3) is 0.0667. The molecule has 0 amide bonds. The first-order valence-electron chi connectivity index (χ1n) is 6.20. The highest BCUT2D eigenvalue weighted by molar-refractivity contribution is 6.35. The largest absolute Gasteiger partial charge is 0.479 e. The zero-order valence-electron chi connectivity index (χ0n) is 11.2. The van der Waals surface area contributed by atoms with Crippen LogP contribution in [0.5, 0.6) is 17.5 Å². The SMILES string of the molecule is COc1ncnc(Oc2ccc(Cl)c3ccccc23)c1N. The van der Waals surface area contributed by atoms with Crippen molar-refractivity contribution in [2.75, 3.05) is 12.8 Å². The van der Waals surface area contributed by atoms with Crippen LogP contribution >= 0.6 is 11.6 Å². The topological polar surface area (TPSA) is 70.3 Å². The molecule has 0 saturated carbocycles. The van der Waals surface area contributed by atoms with Gasteiger partial charge in [-0.25, -0.2) is 0 Å². The number of benzene rings is 2. The third-order valence-electron chi connectivity index (χ3n) is 3.04. The Labute approximate surface area is 126 Å². The average molecular weight is 302 g/mol. The van der Waals surface area contributed by atoms with Gasteiger partial charge in [-0.2, -0.15) is 9.97 Å². The smallest absolute Gasteiger partial charge is 0.249 e. The molecule has 0 aliphatic carbocycles. The monoisotopic (exact) mass is 301 g/mol. The fourth-order valence-corrected chi connectivity index (χ4v) is 2.26. The van der Waals surface area contributed by atoms with Gasteiger partial charge in [0.15, 0.2) is 5.69 Å². The van der Waals surface area contributed by atoms with E-state index in [0.29, 0.717) is 10.8 Å². The molecule has 2 N–H and O–H groups in total. The number of aromatic nitrogens is 2. The van der Waals surface area contributed by atoms with Crippen LogP contribution in [0.1, 0.15) is 0 Å². The van der Waals surface area contributed by atoms with Crippen molar-refractivity contribution in [3.8, 4) is 17.5 Å². The second-order valence-electron chi connectivity index (χ2n) is 4.29. The van der Waals surface area contributed by atoms with Gasteiger partial charge >= 0.3 is 0 Å². The molecule has 0 fully saturated rings. The third kappa shape index (κ3) is 2.43. The normalized spacial score (nSPS) is 10.6. The number of fused-ring (bicyclic) bond motifs is 1. The molecule has 106 valence electrons. The number of nitrogens with two attached hydrogens (primary N) is 1. The van der Waals surface area contributed by atoms with Gasteiger partial charge in [0, 0.05) is 15.8 Å². The first kappa shape index (κ1) is 13.5. The van der Waals surface area contributed by atoms with E-state index in [1.165, 1.54) is 13.4 Å². The van der Waals surface area contributed by atoms with Crippen molar-refractivity contribution in [1.29, 1.82) is 0 Å². The summed E-state index contributed by atoms with van der Waals surface area (Å²) in [6, 6.07) is 11.2. The maximum atomic E-state index is 6.19. The van der Waals surface area contributed by atoms with Crippen LogP contribution in [-0.4, -0.2) is 17.1 Å². The van der Waals surface area contributed by atoms with Gasteiger partial charge in [-0.3, -0.25) is 0 Å². The van der Waals surface area contributed by atoms with E-state index >= 15 is 0 Å². The Hall–Kier alpha value is -2.53. The minimum absolute atomic E-state index is 0.245. The van der Waals surface area contributed by atoms with E-state index < -0.39 is 0 Å². The lowest BCUT2D eigenvalue weighted by molar-refractivity contribution is 0.392. The van der Waals surface area contributed by atoms with Crippen LogP contribution in [0.3, 0.4) is 0 Å². The summed E-state index contributed by atoms with van der Waals surface area (Å²) < 4.78 is 10.9. The zero-order chi connectivity index (χ0) is 14.8. The van der Waals surface area contributed by atoms with Gasteiger partial charge < -0.3 is 15.2 Å². The molecular weight excluding hydrogens is 290 g/mol. The summed E-state index contributed by atoms with van der Waals surface area (Å²) in [4.78, 5) is 7.96. The standard InChI is InChI=1S/C15H12ClN3O2/c1-20-14-13(17)15(19-8-18-14)21-12-7-6-11(16)9-4-2-3-5-10(9)12/h2-8H,17H2,1H3. The summed E-state index contributed by atoms with van der Waals surface area (Å²) in [6.45, 7) is 0. The van der Waals surface area contributed by atoms with Crippen molar-refractivity contribution in [3.05, 3.63) is 47.7 Å².